The second-order valence-corrected chi connectivity index (χ2v) is 4.71. The summed E-state index contributed by atoms with van der Waals surface area (Å²) < 4.78 is 24.0. The maximum Gasteiger partial charge on any atom is 0.339 e. The van der Waals surface area contributed by atoms with Crippen molar-refractivity contribution in [2.45, 2.75) is 25.9 Å². The number of carboxylic acid groups (broad SMARTS) is 2. The zero-order chi connectivity index (χ0) is 16.0. The summed E-state index contributed by atoms with van der Waals surface area (Å²) in [6.07, 6.45) is 1.71. The van der Waals surface area contributed by atoms with E-state index in [0.29, 0.717) is 5.92 Å². The highest BCUT2D eigenvalue weighted by molar-refractivity contribution is 5.91. The fraction of sp³-hybridized carbons (Fsp3) is 0.429. The summed E-state index contributed by atoms with van der Waals surface area (Å²) in [4.78, 5) is 19.4. The van der Waals surface area contributed by atoms with E-state index in [1.165, 1.54) is 13.2 Å². The standard InChI is InChI=1S/C13H15FO4.CH2O2/c1-7-3-8(4-7)18-12-5-9(13(15)16)11(17-2)6-10(12)14;2-1-3/h5-8H,3-4H2,1-2H3,(H,15,16);1H,(H,2,3). The number of aromatic carboxylic acids is 1. The highest BCUT2D eigenvalue weighted by Gasteiger charge is 2.28. The first kappa shape index (κ1) is 16.7. The van der Waals surface area contributed by atoms with Gasteiger partial charge in [-0.3, -0.25) is 4.79 Å². The minimum Gasteiger partial charge on any atom is -0.496 e. The van der Waals surface area contributed by atoms with E-state index in [9.17, 15) is 9.18 Å². The quantitative estimate of drug-likeness (QED) is 0.829. The predicted octanol–water partition coefficient (Wildman–Crippen LogP) is 2.41. The number of halogens is 1. The Morgan fingerprint density at radius 2 is 1.95 bits per heavy atom. The Morgan fingerprint density at radius 1 is 1.38 bits per heavy atom. The van der Waals surface area contributed by atoms with Gasteiger partial charge in [0.05, 0.1) is 13.2 Å². The number of benzene rings is 1. The number of ether oxygens (including phenoxy) is 2. The van der Waals surface area contributed by atoms with E-state index in [1.807, 2.05) is 0 Å². The Balaban J connectivity index is 0.000000677. The number of carbonyl (C=O) groups is 2. The van der Waals surface area contributed by atoms with Gasteiger partial charge in [-0.05, 0) is 18.8 Å². The van der Waals surface area contributed by atoms with Crippen LogP contribution in [0.3, 0.4) is 0 Å². The number of carboxylic acids is 1. The third-order valence-corrected chi connectivity index (χ3v) is 3.11. The second kappa shape index (κ2) is 7.47. The highest BCUT2D eigenvalue weighted by Crippen LogP contribution is 2.34. The molecule has 1 aromatic carbocycles. The number of hydrogen-bond donors (Lipinski definition) is 2. The van der Waals surface area contributed by atoms with E-state index in [4.69, 9.17) is 24.5 Å². The van der Waals surface area contributed by atoms with Gasteiger partial charge in [-0.25, -0.2) is 9.18 Å². The van der Waals surface area contributed by atoms with E-state index in [0.717, 1.165) is 18.9 Å². The first-order chi connectivity index (χ1) is 9.92. The van der Waals surface area contributed by atoms with Gasteiger partial charge in [0.25, 0.3) is 6.47 Å². The molecule has 0 atom stereocenters. The molecule has 6 nitrogen and oxygen atoms in total. The normalized spacial score (nSPS) is 19.6. The Morgan fingerprint density at radius 3 is 2.38 bits per heavy atom. The van der Waals surface area contributed by atoms with Crippen LogP contribution in [0.4, 0.5) is 4.39 Å². The van der Waals surface area contributed by atoms with Crippen molar-refractivity contribution >= 4 is 12.4 Å². The Kier molecular flexibility index (Phi) is 5.95. The van der Waals surface area contributed by atoms with Crippen LogP contribution in [-0.2, 0) is 4.79 Å². The molecular weight excluding hydrogens is 283 g/mol. The molecule has 0 radical (unpaired) electrons. The molecule has 2 rings (SSSR count). The van der Waals surface area contributed by atoms with Crippen LogP contribution in [0.15, 0.2) is 12.1 Å². The van der Waals surface area contributed by atoms with Crippen LogP contribution < -0.4 is 9.47 Å². The fourth-order valence-corrected chi connectivity index (χ4v) is 2.07. The van der Waals surface area contributed by atoms with Crippen molar-refractivity contribution in [1.82, 2.24) is 0 Å². The highest BCUT2D eigenvalue weighted by atomic mass is 19.1. The topological polar surface area (TPSA) is 93.1 Å². The summed E-state index contributed by atoms with van der Waals surface area (Å²) >= 11 is 0. The number of hydrogen-bond acceptors (Lipinski definition) is 4. The third kappa shape index (κ3) is 4.34. The molecule has 0 aromatic heterocycles. The smallest absolute Gasteiger partial charge is 0.339 e. The molecule has 0 spiro atoms. The summed E-state index contributed by atoms with van der Waals surface area (Å²) in [6.45, 7) is 1.84. The van der Waals surface area contributed by atoms with E-state index in [2.05, 4.69) is 6.92 Å². The fourth-order valence-electron chi connectivity index (χ4n) is 2.07. The van der Waals surface area contributed by atoms with Crippen molar-refractivity contribution in [3.63, 3.8) is 0 Å². The third-order valence-electron chi connectivity index (χ3n) is 3.11. The van der Waals surface area contributed by atoms with Gasteiger partial charge >= 0.3 is 5.97 Å². The Labute approximate surface area is 121 Å². The van der Waals surface area contributed by atoms with Crippen molar-refractivity contribution in [1.29, 1.82) is 0 Å². The largest absolute Gasteiger partial charge is 0.496 e. The summed E-state index contributed by atoms with van der Waals surface area (Å²) in [5.74, 6) is -1.22. The summed E-state index contributed by atoms with van der Waals surface area (Å²) in [5.41, 5.74) is -0.0960. The van der Waals surface area contributed by atoms with Crippen molar-refractivity contribution in [3.05, 3.63) is 23.5 Å². The Bertz CT molecular complexity index is 510. The molecule has 1 saturated carbocycles. The summed E-state index contributed by atoms with van der Waals surface area (Å²) in [5, 5.41) is 15.9. The van der Waals surface area contributed by atoms with Crippen LogP contribution in [0.25, 0.3) is 0 Å². The molecule has 0 saturated heterocycles. The van der Waals surface area contributed by atoms with Crippen molar-refractivity contribution in [2.75, 3.05) is 7.11 Å². The molecule has 1 aliphatic carbocycles. The first-order valence-corrected chi connectivity index (χ1v) is 6.28. The molecule has 1 aliphatic rings. The lowest BCUT2D eigenvalue weighted by molar-refractivity contribution is -0.122. The second-order valence-electron chi connectivity index (χ2n) is 4.71. The number of rotatable bonds is 4. The van der Waals surface area contributed by atoms with E-state index < -0.39 is 11.8 Å². The average Bonchev–Trinajstić information content (AvgIpc) is 2.39. The van der Waals surface area contributed by atoms with Gasteiger partial charge in [-0.2, -0.15) is 0 Å². The summed E-state index contributed by atoms with van der Waals surface area (Å²) in [6, 6.07) is 2.22. The molecule has 0 aliphatic heterocycles. The molecule has 7 heteroatoms. The van der Waals surface area contributed by atoms with E-state index in [-0.39, 0.29) is 29.6 Å². The zero-order valence-electron chi connectivity index (χ0n) is 11.7. The van der Waals surface area contributed by atoms with Crippen LogP contribution in [0.1, 0.15) is 30.1 Å². The van der Waals surface area contributed by atoms with Crippen molar-refractivity contribution < 1.29 is 33.7 Å². The maximum atomic E-state index is 13.7. The lowest BCUT2D eigenvalue weighted by atomic mass is 9.84. The molecule has 0 heterocycles. The molecule has 1 fully saturated rings. The Hall–Kier alpha value is -2.31. The van der Waals surface area contributed by atoms with Gasteiger partial charge < -0.3 is 19.7 Å². The number of methoxy groups -OCH3 is 1. The molecule has 116 valence electrons. The van der Waals surface area contributed by atoms with Gasteiger partial charge in [-0.15, -0.1) is 0 Å². The molecule has 0 unspecified atom stereocenters. The lowest BCUT2D eigenvalue weighted by Gasteiger charge is -2.33. The zero-order valence-corrected chi connectivity index (χ0v) is 11.7. The van der Waals surface area contributed by atoms with Crippen LogP contribution in [0, 0.1) is 11.7 Å². The average molecular weight is 300 g/mol. The molecule has 0 amide bonds. The predicted molar refractivity (Wildman–Crippen MR) is 71.4 cm³/mol. The molecule has 1 aromatic rings. The molecule has 21 heavy (non-hydrogen) atoms. The first-order valence-electron chi connectivity index (χ1n) is 6.28. The van der Waals surface area contributed by atoms with Crippen LogP contribution >= 0.6 is 0 Å². The van der Waals surface area contributed by atoms with Crippen molar-refractivity contribution in [3.8, 4) is 11.5 Å². The SMILES string of the molecule is COc1cc(F)c(OC2CC(C)C2)cc1C(=O)O.O=CO. The van der Waals surface area contributed by atoms with Crippen LogP contribution in [0.2, 0.25) is 0 Å². The van der Waals surface area contributed by atoms with Crippen LogP contribution in [-0.4, -0.2) is 35.9 Å². The molecule has 0 bridgehead atoms. The van der Waals surface area contributed by atoms with Crippen LogP contribution in [0.5, 0.6) is 11.5 Å². The summed E-state index contributed by atoms with van der Waals surface area (Å²) in [7, 11) is 1.30. The minimum atomic E-state index is -1.17. The monoisotopic (exact) mass is 300 g/mol. The van der Waals surface area contributed by atoms with Gasteiger partial charge in [-0.1, -0.05) is 6.92 Å². The van der Waals surface area contributed by atoms with Crippen molar-refractivity contribution in [2.24, 2.45) is 5.92 Å². The van der Waals surface area contributed by atoms with Gasteiger partial charge in [0.1, 0.15) is 11.3 Å². The molecular formula is C14H17FO6. The van der Waals surface area contributed by atoms with E-state index >= 15 is 0 Å². The maximum absolute atomic E-state index is 13.7. The lowest BCUT2D eigenvalue weighted by Crippen LogP contribution is -2.32. The minimum absolute atomic E-state index is 0.00525. The van der Waals surface area contributed by atoms with E-state index in [1.54, 1.807) is 0 Å². The van der Waals surface area contributed by atoms with Gasteiger partial charge in [0, 0.05) is 12.1 Å². The van der Waals surface area contributed by atoms with Gasteiger partial charge in [0.15, 0.2) is 11.6 Å². The van der Waals surface area contributed by atoms with Gasteiger partial charge in [0.2, 0.25) is 0 Å². The molecule has 2 N–H and O–H groups in total.